The number of aromatic nitrogens is 4. The van der Waals surface area contributed by atoms with Crippen LogP contribution in [0.4, 0.5) is 13.2 Å². The van der Waals surface area contributed by atoms with Gasteiger partial charge in [-0.3, -0.25) is 9.69 Å². The van der Waals surface area contributed by atoms with Crippen LogP contribution in [0.25, 0.3) is 16.9 Å². The average Bonchev–Trinajstić information content (AvgIpc) is 3.36. The fourth-order valence-corrected chi connectivity index (χ4v) is 4.99. The highest BCUT2D eigenvalue weighted by Gasteiger charge is 2.39. The van der Waals surface area contributed by atoms with Gasteiger partial charge in [-0.2, -0.15) is 18.3 Å². The summed E-state index contributed by atoms with van der Waals surface area (Å²) in [5, 5.41) is 13.9. The van der Waals surface area contributed by atoms with E-state index in [4.69, 9.17) is 4.74 Å². The van der Waals surface area contributed by atoms with Crippen LogP contribution in [0.5, 0.6) is 5.88 Å². The van der Waals surface area contributed by atoms with E-state index in [9.17, 15) is 23.1 Å². The highest BCUT2D eigenvalue weighted by Crippen LogP contribution is 2.36. The minimum Gasteiger partial charge on any atom is -0.481 e. The molecular weight excluding hydrogens is 513 g/mol. The van der Waals surface area contributed by atoms with Crippen molar-refractivity contribution in [2.75, 3.05) is 39.9 Å². The van der Waals surface area contributed by atoms with Gasteiger partial charge in [0.15, 0.2) is 11.3 Å². The van der Waals surface area contributed by atoms with Gasteiger partial charge in [0.25, 0.3) is 5.91 Å². The van der Waals surface area contributed by atoms with Gasteiger partial charge >= 0.3 is 6.18 Å². The average molecular weight is 541 g/mol. The maximum Gasteiger partial charge on any atom is 0.433 e. The predicted octanol–water partition coefficient (Wildman–Crippen LogP) is 3.62. The fraction of sp³-hybridized carbons (Fsp3) is 0.333. The molecule has 0 spiro atoms. The van der Waals surface area contributed by atoms with Crippen molar-refractivity contribution in [1.29, 1.82) is 0 Å². The molecule has 1 saturated heterocycles. The number of methoxy groups -OCH3 is 1. The first kappa shape index (κ1) is 26.6. The Bertz CT molecular complexity index is 1470. The second-order valence-electron chi connectivity index (χ2n) is 9.25. The van der Waals surface area contributed by atoms with Gasteiger partial charge in [0.05, 0.1) is 31.6 Å². The number of fused-ring (bicyclic) bond motifs is 1. The normalized spacial score (nSPS) is 15.5. The molecule has 4 aromatic rings. The Morgan fingerprint density at radius 3 is 2.38 bits per heavy atom. The van der Waals surface area contributed by atoms with Gasteiger partial charge in [-0.25, -0.2) is 14.5 Å². The van der Waals surface area contributed by atoms with Crippen molar-refractivity contribution in [3.8, 4) is 17.1 Å². The number of halogens is 3. The van der Waals surface area contributed by atoms with E-state index in [2.05, 4.69) is 20.0 Å². The molecule has 3 aromatic heterocycles. The van der Waals surface area contributed by atoms with Crippen LogP contribution >= 0.6 is 0 Å². The number of pyridine rings is 1. The number of ether oxygens (including phenoxy) is 1. The lowest BCUT2D eigenvalue weighted by molar-refractivity contribution is -0.143. The molecule has 9 nitrogen and oxygen atoms in total. The molecule has 1 fully saturated rings. The van der Waals surface area contributed by atoms with Gasteiger partial charge in [0.1, 0.15) is 5.56 Å². The van der Waals surface area contributed by atoms with E-state index in [-0.39, 0.29) is 35.1 Å². The van der Waals surface area contributed by atoms with Crippen LogP contribution in [0.1, 0.15) is 33.2 Å². The molecule has 0 bridgehead atoms. The number of nitrogens with zero attached hydrogens (tertiary/aromatic N) is 6. The van der Waals surface area contributed by atoms with Gasteiger partial charge in [0, 0.05) is 49.6 Å². The van der Waals surface area contributed by atoms with Crippen LogP contribution in [0, 0.1) is 6.92 Å². The Hall–Kier alpha value is -4.03. The number of carbonyl (C=O) groups excluding carboxylic acids is 1. The summed E-state index contributed by atoms with van der Waals surface area (Å²) in [5.41, 5.74) is 0.0530. The third kappa shape index (κ3) is 5.04. The predicted molar refractivity (Wildman–Crippen MR) is 136 cm³/mol. The van der Waals surface area contributed by atoms with Crippen molar-refractivity contribution in [3.63, 3.8) is 0 Å². The largest absolute Gasteiger partial charge is 0.481 e. The van der Waals surface area contributed by atoms with Crippen LogP contribution in [-0.2, 0) is 6.18 Å². The van der Waals surface area contributed by atoms with E-state index in [1.54, 1.807) is 11.0 Å². The zero-order chi connectivity index (χ0) is 27.7. The summed E-state index contributed by atoms with van der Waals surface area (Å²) < 4.78 is 48.4. The highest BCUT2D eigenvalue weighted by atomic mass is 19.4. The zero-order valence-electron chi connectivity index (χ0n) is 21.4. The van der Waals surface area contributed by atoms with Crippen LogP contribution < -0.4 is 4.74 Å². The summed E-state index contributed by atoms with van der Waals surface area (Å²) in [7, 11) is 1.44. The van der Waals surface area contributed by atoms with E-state index in [1.807, 2.05) is 30.3 Å². The molecule has 4 heterocycles. The number of amides is 1. The third-order valence-corrected chi connectivity index (χ3v) is 7.00. The zero-order valence-corrected chi connectivity index (χ0v) is 21.4. The molecule has 0 saturated carbocycles. The minimum absolute atomic E-state index is 0.0153. The number of alkyl halides is 3. The molecule has 1 N–H and O–H groups in total. The lowest BCUT2D eigenvalue weighted by Gasteiger charge is -2.38. The maximum atomic E-state index is 14.2. The Morgan fingerprint density at radius 2 is 1.79 bits per heavy atom. The number of benzene rings is 1. The molecule has 0 aliphatic carbocycles. The first-order chi connectivity index (χ1) is 18.7. The number of hydrogen-bond acceptors (Lipinski definition) is 7. The monoisotopic (exact) mass is 540 g/mol. The Morgan fingerprint density at radius 1 is 1.08 bits per heavy atom. The van der Waals surface area contributed by atoms with Crippen LogP contribution in [0.3, 0.4) is 0 Å². The summed E-state index contributed by atoms with van der Waals surface area (Å²) in [6.07, 6.45) is -2.22. The molecule has 1 aromatic carbocycles. The SMILES string of the molecule is COc1ccc(-c2nc3c(C(=O)N4CCN([C@@H](CO)c5ccccc5)CC4)cnn3c(C(F)(F)F)c2C)cn1. The van der Waals surface area contributed by atoms with E-state index < -0.39 is 17.8 Å². The third-order valence-electron chi connectivity index (χ3n) is 7.00. The van der Waals surface area contributed by atoms with E-state index in [1.165, 1.54) is 26.3 Å². The molecule has 0 radical (unpaired) electrons. The minimum atomic E-state index is -4.74. The summed E-state index contributed by atoms with van der Waals surface area (Å²) >= 11 is 0. The number of rotatable bonds is 6. The molecule has 5 rings (SSSR count). The van der Waals surface area contributed by atoms with Crippen molar-refractivity contribution in [3.05, 3.63) is 77.2 Å². The number of hydrogen-bond donors (Lipinski definition) is 1. The molecular formula is C27H27F3N6O3. The van der Waals surface area contributed by atoms with Crippen LogP contribution in [0.2, 0.25) is 0 Å². The Balaban J connectivity index is 1.46. The highest BCUT2D eigenvalue weighted by molar-refractivity contribution is 6.00. The number of piperazine rings is 1. The maximum absolute atomic E-state index is 14.2. The molecule has 1 aliphatic heterocycles. The van der Waals surface area contributed by atoms with Gasteiger partial charge in [0.2, 0.25) is 5.88 Å². The lowest BCUT2D eigenvalue weighted by Crippen LogP contribution is -2.50. The van der Waals surface area contributed by atoms with E-state index >= 15 is 0 Å². The summed E-state index contributed by atoms with van der Waals surface area (Å²) in [6.45, 7) is 2.92. The fourth-order valence-electron chi connectivity index (χ4n) is 4.99. The number of aliphatic hydroxyl groups excluding tert-OH is 1. The Kier molecular flexibility index (Phi) is 7.23. The van der Waals surface area contributed by atoms with Gasteiger partial charge in [-0.05, 0) is 18.6 Å². The van der Waals surface area contributed by atoms with E-state index in [0.717, 1.165) is 11.8 Å². The van der Waals surface area contributed by atoms with Crippen LogP contribution in [-0.4, -0.2) is 80.3 Å². The molecule has 204 valence electrons. The first-order valence-corrected chi connectivity index (χ1v) is 12.4. The Labute approximate surface area is 222 Å². The van der Waals surface area contributed by atoms with Crippen molar-refractivity contribution < 1.29 is 27.8 Å². The summed E-state index contributed by atoms with van der Waals surface area (Å²) in [6, 6.07) is 12.5. The molecule has 1 amide bonds. The smallest absolute Gasteiger partial charge is 0.433 e. The second-order valence-corrected chi connectivity index (χ2v) is 9.25. The second kappa shape index (κ2) is 10.6. The topological polar surface area (TPSA) is 96.1 Å². The standard InChI is InChI=1S/C27H27F3N6O3/c1-17-23(19-8-9-22(39-2)31-14-19)33-25-20(15-32-36(25)24(17)27(28,29)30)26(38)35-12-10-34(11-13-35)21(16-37)18-6-4-3-5-7-18/h3-9,14-15,21,37H,10-13,16H2,1-2H3/t21-/m0/s1. The van der Waals surface area contributed by atoms with E-state index in [0.29, 0.717) is 42.1 Å². The number of carbonyl (C=O) groups is 1. The molecule has 12 heteroatoms. The molecule has 1 atom stereocenters. The first-order valence-electron chi connectivity index (χ1n) is 12.4. The molecule has 39 heavy (non-hydrogen) atoms. The number of aliphatic hydroxyl groups is 1. The molecule has 0 unspecified atom stereocenters. The lowest BCUT2D eigenvalue weighted by atomic mass is 10.0. The molecule has 1 aliphatic rings. The van der Waals surface area contributed by atoms with Gasteiger partial charge in [-0.1, -0.05) is 30.3 Å². The van der Waals surface area contributed by atoms with Crippen molar-refractivity contribution in [2.24, 2.45) is 0 Å². The van der Waals surface area contributed by atoms with Gasteiger partial charge in [-0.15, -0.1) is 0 Å². The quantitative estimate of drug-likeness (QED) is 0.399. The summed E-state index contributed by atoms with van der Waals surface area (Å²) in [5.74, 6) is -0.142. The van der Waals surface area contributed by atoms with Crippen molar-refractivity contribution in [2.45, 2.75) is 19.1 Å². The van der Waals surface area contributed by atoms with Crippen LogP contribution in [0.15, 0.2) is 54.9 Å². The van der Waals surface area contributed by atoms with Crippen molar-refractivity contribution >= 4 is 11.6 Å². The van der Waals surface area contributed by atoms with Crippen molar-refractivity contribution in [1.82, 2.24) is 29.4 Å². The summed E-state index contributed by atoms with van der Waals surface area (Å²) in [4.78, 5) is 25.8. The van der Waals surface area contributed by atoms with Gasteiger partial charge < -0.3 is 14.7 Å².